The fourth-order valence-electron chi connectivity index (χ4n) is 2.15. The molecule has 1 atom stereocenters. The monoisotopic (exact) mass is 248 g/mol. The van der Waals surface area contributed by atoms with E-state index in [0.717, 1.165) is 24.0 Å². The van der Waals surface area contributed by atoms with Crippen LogP contribution in [0.5, 0.6) is 0 Å². The normalized spacial score (nSPS) is 18.9. The van der Waals surface area contributed by atoms with Crippen LogP contribution in [0.3, 0.4) is 0 Å². The number of nitrogens with zero attached hydrogens (tertiary/aromatic N) is 1. The molecule has 0 bridgehead atoms. The van der Waals surface area contributed by atoms with Gasteiger partial charge in [-0.3, -0.25) is 4.79 Å². The van der Waals surface area contributed by atoms with Gasteiger partial charge in [-0.1, -0.05) is 24.3 Å². The summed E-state index contributed by atoms with van der Waals surface area (Å²) in [5, 5.41) is 0. The van der Waals surface area contributed by atoms with E-state index in [9.17, 15) is 4.79 Å². The zero-order chi connectivity index (χ0) is 13.0. The number of nitrogens with two attached hydrogens (primary N) is 1. The van der Waals surface area contributed by atoms with E-state index in [-0.39, 0.29) is 12.0 Å². The molecule has 1 saturated heterocycles. The lowest BCUT2D eigenvalue weighted by atomic mass is 10.1. The summed E-state index contributed by atoms with van der Waals surface area (Å²) >= 11 is 0. The van der Waals surface area contributed by atoms with E-state index in [2.05, 4.69) is 0 Å². The van der Waals surface area contributed by atoms with Crippen molar-refractivity contribution in [3.8, 4) is 0 Å². The van der Waals surface area contributed by atoms with Gasteiger partial charge in [0, 0.05) is 26.7 Å². The zero-order valence-corrected chi connectivity index (χ0v) is 10.8. The minimum atomic E-state index is -0.238. The Morgan fingerprint density at radius 1 is 1.39 bits per heavy atom. The molecule has 18 heavy (non-hydrogen) atoms. The Morgan fingerprint density at radius 2 is 2.06 bits per heavy atom. The molecule has 1 unspecified atom stereocenters. The van der Waals surface area contributed by atoms with E-state index in [0.29, 0.717) is 19.7 Å². The van der Waals surface area contributed by atoms with Crippen molar-refractivity contribution in [3.05, 3.63) is 35.4 Å². The van der Waals surface area contributed by atoms with Gasteiger partial charge < -0.3 is 15.4 Å². The smallest absolute Gasteiger partial charge is 0.251 e. The summed E-state index contributed by atoms with van der Waals surface area (Å²) in [6, 6.07) is 8.03. The highest BCUT2D eigenvalue weighted by molar-refractivity contribution is 5.80. The standard InChI is InChI=1S/C14H20N2O2/c1-16(14(17)13-3-2-8-18-13)10-12-6-4-11(9-15)5-7-12/h4-7,13H,2-3,8-10,15H2,1H3. The molecule has 0 spiro atoms. The largest absolute Gasteiger partial charge is 0.368 e. The summed E-state index contributed by atoms with van der Waals surface area (Å²) in [6.07, 6.45) is 1.59. The SMILES string of the molecule is CN(Cc1ccc(CN)cc1)C(=O)C1CCCO1. The van der Waals surface area contributed by atoms with Gasteiger partial charge in [-0.05, 0) is 24.0 Å². The van der Waals surface area contributed by atoms with E-state index in [4.69, 9.17) is 10.5 Å². The van der Waals surface area contributed by atoms with Gasteiger partial charge in [0.15, 0.2) is 0 Å². The average Bonchev–Trinajstić information content (AvgIpc) is 2.92. The van der Waals surface area contributed by atoms with Gasteiger partial charge in [0.05, 0.1) is 0 Å². The fraction of sp³-hybridized carbons (Fsp3) is 0.500. The molecular weight excluding hydrogens is 228 g/mol. The molecule has 4 nitrogen and oxygen atoms in total. The lowest BCUT2D eigenvalue weighted by Crippen LogP contribution is -2.35. The van der Waals surface area contributed by atoms with Crippen molar-refractivity contribution in [1.29, 1.82) is 0 Å². The van der Waals surface area contributed by atoms with Crippen molar-refractivity contribution in [1.82, 2.24) is 4.90 Å². The molecule has 0 aromatic heterocycles. The summed E-state index contributed by atoms with van der Waals surface area (Å²) in [7, 11) is 1.82. The number of carbonyl (C=O) groups is 1. The second kappa shape index (κ2) is 5.98. The first-order valence-electron chi connectivity index (χ1n) is 6.35. The third kappa shape index (κ3) is 3.09. The predicted octanol–water partition coefficient (Wildman–Crippen LogP) is 1.28. The van der Waals surface area contributed by atoms with Crippen LogP contribution >= 0.6 is 0 Å². The highest BCUT2D eigenvalue weighted by Gasteiger charge is 2.26. The van der Waals surface area contributed by atoms with Gasteiger partial charge in [-0.2, -0.15) is 0 Å². The molecule has 0 saturated carbocycles. The molecule has 0 aliphatic carbocycles. The third-order valence-corrected chi connectivity index (χ3v) is 3.26. The Morgan fingerprint density at radius 3 is 2.61 bits per heavy atom. The lowest BCUT2D eigenvalue weighted by molar-refractivity contribution is -0.140. The Kier molecular flexibility index (Phi) is 4.33. The molecule has 4 heteroatoms. The van der Waals surface area contributed by atoms with E-state index in [1.54, 1.807) is 4.90 Å². The molecular formula is C14H20N2O2. The predicted molar refractivity (Wildman–Crippen MR) is 69.8 cm³/mol. The number of amides is 1. The molecule has 1 aromatic carbocycles. The fourth-order valence-corrected chi connectivity index (χ4v) is 2.15. The summed E-state index contributed by atoms with van der Waals surface area (Å²) in [5.74, 6) is 0.0791. The summed E-state index contributed by atoms with van der Waals surface area (Å²) in [5.41, 5.74) is 7.77. The second-order valence-corrected chi connectivity index (χ2v) is 4.72. The van der Waals surface area contributed by atoms with Crippen molar-refractivity contribution in [2.75, 3.05) is 13.7 Å². The summed E-state index contributed by atoms with van der Waals surface area (Å²) in [4.78, 5) is 13.8. The Bertz CT molecular complexity index is 397. The second-order valence-electron chi connectivity index (χ2n) is 4.72. The molecule has 0 radical (unpaired) electrons. The van der Waals surface area contributed by atoms with Crippen LogP contribution in [0.15, 0.2) is 24.3 Å². The molecule has 1 fully saturated rings. The van der Waals surface area contributed by atoms with Crippen LogP contribution in [-0.2, 0) is 22.6 Å². The highest BCUT2D eigenvalue weighted by Crippen LogP contribution is 2.15. The van der Waals surface area contributed by atoms with Crippen molar-refractivity contribution in [2.24, 2.45) is 5.73 Å². The molecule has 1 aromatic rings. The first kappa shape index (κ1) is 13.1. The van der Waals surface area contributed by atoms with Gasteiger partial charge in [-0.15, -0.1) is 0 Å². The average molecular weight is 248 g/mol. The van der Waals surface area contributed by atoms with Crippen LogP contribution in [0, 0.1) is 0 Å². The van der Waals surface area contributed by atoms with Crippen LogP contribution in [0.4, 0.5) is 0 Å². The van der Waals surface area contributed by atoms with Crippen molar-refractivity contribution >= 4 is 5.91 Å². The van der Waals surface area contributed by atoms with Gasteiger partial charge in [0.2, 0.25) is 0 Å². The third-order valence-electron chi connectivity index (χ3n) is 3.26. The quantitative estimate of drug-likeness (QED) is 0.873. The van der Waals surface area contributed by atoms with Crippen LogP contribution < -0.4 is 5.73 Å². The molecule has 98 valence electrons. The molecule has 1 heterocycles. The number of rotatable bonds is 4. The van der Waals surface area contributed by atoms with Gasteiger partial charge in [-0.25, -0.2) is 0 Å². The minimum Gasteiger partial charge on any atom is -0.368 e. The van der Waals surface area contributed by atoms with E-state index >= 15 is 0 Å². The zero-order valence-electron chi connectivity index (χ0n) is 10.8. The topological polar surface area (TPSA) is 55.6 Å². The maximum absolute atomic E-state index is 12.1. The van der Waals surface area contributed by atoms with E-state index < -0.39 is 0 Å². The first-order valence-corrected chi connectivity index (χ1v) is 6.35. The number of benzene rings is 1. The van der Waals surface area contributed by atoms with Crippen molar-refractivity contribution < 1.29 is 9.53 Å². The maximum Gasteiger partial charge on any atom is 0.251 e. The summed E-state index contributed by atoms with van der Waals surface area (Å²) in [6.45, 7) is 1.87. The van der Waals surface area contributed by atoms with Gasteiger partial charge in [0.1, 0.15) is 6.10 Å². The number of ether oxygens (including phenoxy) is 1. The van der Waals surface area contributed by atoms with Gasteiger partial charge in [0.25, 0.3) is 5.91 Å². The van der Waals surface area contributed by atoms with Crippen LogP contribution in [0.2, 0.25) is 0 Å². The summed E-state index contributed by atoms with van der Waals surface area (Å²) < 4.78 is 5.40. The number of likely N-dealkylation sites (N-methyl/N-ethyl adjacent to an activating group) is 1. The number of hydrogen-bond acceptors (Lipinski definition) is 3. The molecule has 2 N–H and O–H groups in total. The Labute approximate surface area is 108 Å². The van der Waals surface area contributed by atoms with Crippen LogP contribution in [0.1, 0.15) is 24.0 Å². The van der Waals surface area contributed by atoms with Crippen LogP contribution in [-0.4, -0.2) is 30.6 Å². The Balaban J connectivity index is 1.92. The number of carbonyl (C=O) groups excluding carboxylic acids is 1. The minimum absolute atomic E-state index is 0.0791. The lowest BCUT2D eigenvalue weighted by Gasteiger charge is -2.20. The van der Waals surface area contributed by atoms with E-state index in [1.807, 2.05) is 31.3 Å². The molecule has 1 aliphatic rings. The van der Waals surface area contributed by atoms with Gasteiger partial charge >= 0.3 is 0 Å². The Hall–Kier alpha value is -1.39. The molecule has 2 rings (SSSR count). The van der Waals surface area contributed by atoms with Crippen LogP contribution in [0.25, 0.3) is 0 Å². The maximum atomic E-state index is 12.1. The molecule has 1 amide bonds. The molecule has 1 aliphatic heterocycles. The van der Waals surface area contributed by atoms with E-state index in [1.165, 1.54) is 0 Å². The van der Waals surface area contributed by atoms with Crippen molar-refractivity contribution in [2.45, 2.75) is 32.0 Å². The first-order chi connectivity index (χ1) is 8.70. The van der Waals surface area contributed by atoms with Crippen molar-refractivity contribution in [3.63, 3.8) is 0 Å². The number of hydrogen-bond donors (Lipinski definition) is 1. The highest BCUT2D eigenvalue weighted by atomic mass is 16.5.